The van der Waals surface area contributed by atoms with E-state index in [1.165, 1.54) is 0 Å². The highest BCUT2D eigenvalue weighted by Gasteiger charge is 2.26. The monoisotopic (exact) mass is 213 g/mol. The maximum absolute atomic E-state index is 11.1. The molecule has 1 heterocycles. The third-order valence-corrected chi connectivity index (χ3v) is 2.63. The van der Waals surface area contributed by atoms with Crippen LogP contribution in [0.2, 0.25) is 0 Å². The third-order valence-electron chi connectivity index (χ3n) is 2.30. The smallest absolute Gasteiger partial charge is 0.224 e. The number of H-pyrrole nitrogens is 1. The molecule has 0 bridgehead atoms. The summed E-state index contributed by atoms with van der Waals surface area (Å²) in [5.74, 6) is -0.319. The predicted octanol–water partition coefficient (Wildman–Crippen LogP) is 1.37. The van der Waals surface area contributed by atoms with E-state index in [9.17, 15) is 4.79 Å². The molecule has 0 saturated carbocycles. The van der Waals surface area contributed by atoms with E-state index in [0.29, 0.717) is 11.3 Å². The minimum Gasteiger partial charge on any atom is -0.369 e. The number of aryl methyl sites for hydroxylation is 1. The van der Waals surface area contributed by atoms with Crippen LogP contribution in [-0.4, -0.2) is 15.5 Å². The van der Waals surface area contributed by atoms with E-state index in [0.717, 1.165) is 5.69 Å². The number of nitrogens with one attached hydrogen (secondary N) is 1. The van der Waals surface area contributed by atoms with Gasteiger partial charge in [-0.25, -0.2) is 0 Å². The number of rotatable bonds is 3. The summed E-state index contributed by atoms with van der Waals surface area (Å²) in [7, 11) is 0. The van der Waals surface area contributed by atoms with Crippen LogP contribution in [0.5, 0.6) is 0 Å². The fourth-order valence-corrected chi connectivity index (χ4v) is 1.42. The van der Waals surface area contributed by atoms with Crippen LogP contribution in [0.1, 0.15) is 19.5 Å². The van der Waals surface area contributed by atoms with Gasteiger partial charge in [-0.1, -0.05) is 0 Å². The van der Waals surface area contributed by atoms with E-state index < -0.39 is 5.41 Å². The summed E-state index contributed by atoms with van der Waals surface area (Å²) in [5.41, 5.74) is 5.72. The Hall–Kier alpha value is -1.10. The van der Waals surface area contributed by atoms with Crippen molar-refractivity contribution in [2.75, 3.05) is 0 Å². The highest BCUT2D eigenvalue weighted by molar-refractivity contribution is 7.71. The molecule has 0 spiro atoms. The summed E-state index contributed by atoms with van der Waals surface area (Å²) in [4.78, 5) is 14.1. The lowest BCUT2D eigenvalue weighted by Crippen LogP contribution is -2.35. The predicted molar refractivity (Wildman–Crippen MR) is 57.3 cm³/mol. The first-order valence-electron chi connectivity index (χ1n) is 4.39. The van der Waals surface area contributed by atoms with Gasteiger partial charge in [0.25, 0.3) is 0 Å². The van der Waals surface area contributed by atoms with Crippen LogP contribution < -0.4 is 5.73 Å². The Balaban J connectivity index is 3.00. The van der Waals surface area contributed by atoms with Gasteiger partial charge in [0, 0.05) is 18.4 Å². The number of amides is 1. The highest BCUT2D eigenvalue weighted by Crippen LogP contribution is 2.18. The lowest BCUT2D eigenvalue weighted by molar-refractivity contribution is -0.126. The minimum absolute atomic E-state index is 0.319. The number of aromatic nitrogens is 2. The first-order valence-corrected chi connectivity index (χ1v) is 4.80. The van der Waals surface area contributed by atoms with Crippen LogP contribution in [-0.2, 0) is 11.3 Å². The van der Waals surface area contributed by atoms with Crippen molar-refractivity contribution in [3.05, 3.63) is 16.7 Å². The molecule has 0 unspecified atom stereocenters. The molecule has 1 amide bonds. The number of carbonyl (C=O) groups is 1. The number of nitrogens with zero attached hydrogens (tertiary/aromatic N) is 1. The summed E-state index contributed by atoms with van der Waals surface area (Å²) in [6.07, 6.45) is 1.82. The molecule has 0 radical (unpaired) electrons. The van der Waals surface area contributed by atoms with Crippen LogP contribution in [0.4, 0.5) is 0 Å². The molecule has 3 N–H and O–H groups in total. The van der Waals surface area contributed by atoms with E-state index in [1.807, 2.05) is 31.5 Å². The van der Waals surface area contributed by atoms with E-state index in [1.54, 1.807) is 0 Å². The quantitative estimate of drug-likeness (QED) is 0.745. The van der Waals surface area contributed by atoms with E-state index in [2.05, 4.69) is 4.98 Å². The average Bonchev–Trinajstić information content (AvgIpc) is 2.35. The Morgan fingerprint density at radius 3 is 2.64 bits per heavy atom. The van der Waals surface area contributed by atoms with E-state index in [-0.39, 0.29) is 5.91 Å². The second kappa shape index (κ2) is 3.57. The first-order chi connectivity index (χ1) is 6.34. The van der Waals surface area contributed by atoms with Gasteiger partial charge in [-0.15, -0.1) is 0 Å². The zero-order valence-electron chi connectivity index (χ0n) is 8.63. The SMILES string of the molecule is Cc1c[nH]c(=S)n1CC(C)(C)C(N)=O. The van der Waals surface area contributed by atoms with Crippen molar-refractivity contribution in [3.8, 4) is 0 Å². The molecular weight excluding hydrogens is 198 g/mol. The molecule has 0 aliphatic carbocycles. The van der Waals surface area contributed by atoms with Gasteiger partial charge in [0.1, 0.15) is 0 Å². The van der Waals surface area contributed by atoms with Crippen molar-refractivity contribution in [2.45, 2.75) is 27.3 Å². The van der Waals surface area contributed by atoms with Gasteiger partial charge in [-0.05, 0) is 33.0 Å². The van der Waals surface area contributed by atoms with Gasteiger partial charge in [-0.2, -0.15) is 0 Å². The van der Waals surface area contributed by atoms with E-state index >= 15 is 0 Å². The number of primary amides is 1. The molecule has 1 aromatic heterocycles. The Labute approximate surface area is 88.1 Å². The van der Waals surface area contributed by atoms with Gasteiger partial charge >= 0.3 is 0 Å². The Kier molecular flexibility index (Phi) is 2.80. The lowest BCUT2D eigenvalue weighted by atomic mass is 9.92. The molecule has 0 aliphatic rings. The van der Waals surface area contributed by atoms with Crippen molar-refractivity contribution in [1.82, 2.24) is 9.55 Å². The molecule has 1 aromatic rings. The summed E-state index contributed by atoms with van der Waals surface area (Å²) in [5, 5.41) is 0. The van der Waals surface area contributed by atoms with Crippen LogP contribution >= 0.6 is 12.2 Å². The summed E-state index contributed by atoms with van der Waals surface area (Å²) >= 11 is 5.08. The normalized spacial score (nSPS) is 11.6. The molecule has 1 rings (SSSR count). The first kappa shape index (κ1) is 11.0. The second-order valence-corrected chi connectivity index (χ2v) is 4.46. The Morgan fingerprint density at radius 2 is 2.29 bits per heavy atom. The lowest BCUT2D eigenvalue weighted by Gasteiger charge is -2.21. The number of imidazole rings is 1. The van der Waals surface area contributed by atoms with Crippen molar-refractivity contribution in [2.24, 2.45) is 11.1 Å². The maximum Gasteiger partial charge on any atom is 0.224 e. The topological polar surface area (TPSA) is 63.8 Å². The largest absolute Gasteiger partial charge is 0.369 e. The van der Waals surface area contributed by atoms with Crippen molar-refractivity contribution >= 4 is 18.1 Å². The van der Waals surface area contributed by atoms with Gasteiger partial charge in [0.05, 0.1) is 5.41 Å². The summed E-state index contributed by atoms with van der Waals surface area (Å²) in [6, 6.07) is 0. The van der Waals surface area contributed by atoms with Crippen molar-refractivity contribution < 1.29 is 4.79 Å². The van der Waals surface area contributed by atoms with Gasteiger partial charge in [0.15, 0.2) is 4.77 Å². The number of aromatic amines is 1. The maximum atomic E-state index is 11.1. The summed E-state index contributed by atoms with van der Waals surface area (Å²) in [6.45, 7) is 6.06. The number of hydrogen-bond acceptors (Lipinski definition) is 2. The molecule has 0 aliphatic heterocycles. The molecule has 0 fully saturated rings. The molecule has 78 valence electrons. The molecule has 0 aromatic carbocycles. The van der Waals surface area contributed by atoms with Crippen molar-refractivity contribution in [3.63, 3.8) is 0 Å². The van der Waals surface area contributed by atoms with Gasteiger partial charge in [0.2, 0.25) is 5.91 Å². The minimum atomic E-state index is -0.578. The van der Waals surface area contributed by atoms with Crippen LogP contribution in [0.15, 0.2) is 6.20 Å². The average molecular weight is 213 g/mol. The second-order valence-electron chi connectivity index (χ2n) is 4.07. The highest BCUT2D eigenvalue weighted by atomic mass is 32.1. The summed E-state index contributed by atoms with van der Waals surface area (Å²) < 4.78 is 2.50. The van der Waals surface area contributed by atoms with Gasteiger partial charge < -0.3 is 15.3 Å². The van der Waals surface area contributed by atoms with Crippen LogP contribution in [0.3, 0.4) is 0 Å². The number of carbonyl (C=O) groups excluding carboxylic acids is 1. The molecule has 0 atom stereocenters. The fraction of sp³-hybridized carbons (Fsp3) is 0.556. The molecule has 14 heavy (non-hydrogen) atoms. The Bertz CT molecular complexity index is 402. The number of hydrogen-bond donors (Lipinski definition) is 2. The van der Waals surface area contributed by atoms with Crippen LogP contribution in [0, 0.1) is 17.1 Å². The standard InChI is InChI=1S/C9H15N3OS/c1-6-4-11-8(14)12(6)5-9(2,3)7(10)13/h4H,5H2,1-3H3,(H2,10,13)(H,11,14). The van der Waals surface area contributed by atoms with Crippen molar-refractivity contribution in [1.29, 1.82) is 0 Å². The zero-order chi connectivity index (χ0) is 10.9. The zero-order valence-corrected chi connectivity index (χ0v) is 9.44. The molecular formula is C9H15N3OS. The van der Waals surface area contributed by atoms with Gasteiger partial charge in [-0.3, -0.25) is 4.79 Å². The Morgan fingerprint density at radius 1 is 1.71 bits per heavy atom. The van der Waals surface area contributed by atoms with Crippen LogP contribution in [0.25, 0.3) is 0 Å². The third kappa shape index (κ3) is 2.04. The molecule has 0 saturated heterocycles. The van der Waals surface area contributed by atoms with E-state index in [4.69, 9.17) is 18.0 Å². The number of nitrogens with two attached hydrogens (primary N) is 1. The fourth-order valence-electron chi connectivity index (χ4n) is 1.15. The molecule has 4 nitrogen and oxygen atoms in total. The molecule has 5 heteroatoms.